The Hall–Kier alpha value is -3.05. The van der Waals surface area contributed by atoms with Crippen LogP contribution in [-0.2, 0) is 0 Å². The molecule has 0 saturated carbocycles. The van der Waals surface area contributed by atoms with Gasteiger partial charge in [-0.1, -0.05) is 0 Å². The highest BCUT2D eigenvalue weighted by Gasteiger charge is 2.46. The zero-order valence-electron chi connectivity index (χ0n) is 18.7. The summed E-state index contributed by atoms with van der Waals surface area (Å²) in [5, 5.41) is 1.42. The molecule has 4 nitrogen and oxygen atoms in total. The standard InChI is InChI=1S/C28H28N4S/c1-3-27-26(32-19-11-24(12-20-32)22-7-15-30-16-8-22)2-4-28(33-27)25(1)31-17-9-23(10-18-31)21-5-13-29-14-6-21/h5-20,25-28H,1-4H2/q+2/p+2/t25-,26-,27-,28-/m1/s1. The second-order valence-corrected chi connectivity index (χ2v) is 10.6. The first-order valence-electron chi connectivity index (χ1n) is 12.0. The minimum atomic E-state index is 0.604. The number of rotatable bonds is 4. The van der Waals surface area contributed by atoms with Gasteiger partial charge in [0.1, 0.15) is 0 Å². The number of hydrogen-bond acceptors (Lipinski definition) is 1. The molecule has 4 aromatic heterocycles. The van der Waals surface area contributed by atoms with Crippen LogP contribution < -0.4 is 19.1 Å². The smallest absolute Gasteiger partial charge is 0.170 e. The number of hydrogen-bond donors (Lipinski definition) is 0. The molecule has 2 N–H and O–H groups in total. The predicted octanol–water partition coefficient (Wildman–Crippen LogP) is 4.06. The summed E-state index contributed by atoms with van der Waals surface area (Å²) in [6, 6.07) is 18.8. The average Bonchev–Trinajstić information content (AvgIpc) is 2.90. The summed E-state index contributed by atoms with van der Waals surface area (Å²) in [4.78, 5) is 6.21. The molecule has 33 heavy (non-hydrogen) atoms. The van der Waals surface area contributed by atoms with Gasteiger partial charge in [0.25, 0.3) is 0 Å². The van der Waals surface area contributed by atoms with Crippen LogP contribution in [0.4, 0.5) is 0 Å². The Morgan fingerprint density at radius 3 is 1.27 bits per heavy atom. The Balaban J connectivity index is 1.14. The summed E-state index contributed by atoms with van der Waals surface area (Å²) in [7, 11) is 0. The van der Waals surface area contributed by atoms with Gasteiger partial charge in [-0.25, -0.2) is 19.1 Å². The van der Waals surface area contributed by atoms with Crippen molar-refractivity contribution in [3.05, 3.63) is 98.1 Å². The first-order chi connectivity index (χ1) is 16.3. The van der Waals surface area contributed by atoms with Gasteiger partial charge in [-0.2, -0.15) is 0 Å². The highest BCUT2D eigenvalue weighted by atomic mass is 32.2. The minimum Gasteiger partial charge on any atom is -0.218 e. The molecule has 0 aromatic carbocycles. The van der Waals surface area contributed by atoms with E-state index in [1.807, 2.05) is 24.8 Å². The van der Waals surface area contributed by atoms with Gasteiger partial charge in [0, 0.05) is 61.4 Å². The maximum Gasteiger partial charge on any atom is 0.170 e. The summed E-state index contributed by atoms with van der Waals surface area (Å²) in [6.45, 7) is 0. The van der Waals surface area contributed by atoms with Crippen molar-refractivity contribution in [1.29, 1.82) is 0 Å². The second-order valence-electron chi connectivity index (χ2n) is 9.15. The molecular formula is C28H30N4S+4. The molecular weight excluding hydrogens is 424 g/mol. The van der Waals surface area contributed by atoms with E-state index in [2.05, 4.69) is 104 Å². The van der Waals surface area contributed by atoms with Crippen LogP contribution in [0.25, 0.3) is 22.3 Å². The quantitative estimate of drug-likeness (QED) is 0.428. The van der Waals surface area contributed by atoms with E-state index in [1.54, 1.807) is 0 Å². The molecule has 2 aliphatic rings. The monoisotopic (exact) mass is 454 g/mol. The van der Waals surface area contributed by atoms with Crippen LogP contribution in [-0.4, -0.2) is 10.5 Å². The molecule has 2 aliphatic heterocycles. The number of thioether (sulfide) groups is 1. The first kappa shape index (κ1) is 20.5. The molecule has 5 heteroatoms. The van der Waals surface area contributed by atoms with Gasteiger partial charge < -0.3 is 0 Å². The normalized spacial score (nSPS) is 24.4. The number of aromatic amines is 2. The zero-order chi connectivity index (χ0) is 22.0. The van der Waals surface area contributed by atoms with E-state index >= 15 is 0 Å². The highest BCUT2D eigenvalue weighted by molar-refractivity contribution is 8.00. The molecule has 0 aliphatic carbocycles. The van der Waals surface area contributed by atoms with Crippen LogP contribution in [0.15, 0.2) is 98.1 Å². The molecule has 6 heterocycles. The average molecular weight is 455 g/mol. The van der Waals surface area contributed by atoms with E-state index in [0.717, 1.165) is 0 Å². The van der Waals surface area contributed by atoms with Crippen LogP contribution in [0.1, 0.15) is 37.8 Å². The SMILES string of the molecule is c1cc(-c2cc[n+]([C@@H]3CC[C@H]4S[C@@H]3CC[C@H]4[n+]3ccc(-c4cc[nH+]cc4)cc3)cc2)cc[nH+]1. The van der Waals surface area contributed by atoms with Crippen molar-refractivity contribution in [2.45, 2.75) is 48.3 Å². The van der Waals surface area contributed by atoms with Gasteiger partial charge in [-0.3, -0.25) is 0 Å². The third-order valence-electron chi connectivity index (χ3n) is 7.28. The largest absolute Gasteiger partial charge is 0.218 e. The van der Waals surface area contributed by atoms with E-state index in [1.165, 1.54) is 47.9 Å². The number of H-pyrrole nitrogens is 2. The van der Waals surface area contributed by atoms with E-state index in [0.29, 0.717) is 22.6 Å². The zero-order valence-corrected chi connectivity index (χ0v) is 19.5. The Morgan fingerprint density at radius 1 is 0.515 bits per heavy atom. The van der Waals surface area contributed by atoms with Crippen LogP contribution in [0.5, 0.6) is 0 Å². The van der Waals surface area contributed by atoms with E-state index in [-0.39, 0.29) is 0 Å². The van der Waals surface area contributed by atoms with Crippen molar-refractivity contribution < 1.29 is 19.1 Å². The number of aromatic nitrogens is 4. The summed E-state index contributed by atoms with van der Waals surface area (Å²) in [5.74, 6) is 0. The Bertz CT molecular complexity index is 1100. The molecule has 2 saturated heterocycles. The molecule has 4 atom stereocenters. The van der Waals surface area contributed by atoms with E-state index in [9.17, 15) is 0 Å². The summed E-state index contributed by atoms with van der Waals surface area (Å²) in [6.07, 6.45) is 22.2. The maximum absolute atomic E-state index is 3.10. The Morgan fingerprint density at radius 2 is 0.879 bits per heavy atom. The number of nitrogens with one attached hydrogen (secondary N) is 2. The molecule has 0 spiro atoms. The number of nitrogens with zero attached hydrogens (tertiary/aromatic N) is 2. The van der Waals surface area contributed by atoms with E-state index < -0.39 is 0 Å². The van der Waals surface area contributed by atoms with Gasteiger partial charge in [0.15, 0.2) is 61.7 Å². The number of fused-ring (bicyclic) bond motifs is 2. The summed E-state index contributed by atoms with van der Waals surface area (Å²) >= 11 is 2.23. The fourth-order valence-electron chi connectivity index (χ4n) is 5.51. The molecule has 4 aromatic rings. The minimum absolute atomic E-state index is 0.604. The van der Waals surface area contributed by atoms with Gasteiger partial charge >= 0.3 is 0 Å². The van der Waals surface area contributed by atoms with Crippen molar-refractivity contribution in [2.75, 3.05) is 0 Å². The van der Waals surface area contributed by atoms with Gasteiger partial charge in [-0.15, -0.1) is 11.8 Å². The van der Waals surface area contributed by atoms with Gasteiger partial charge in [0.2, 0.25) is 0 Å². The maximum atomic E-state index is 3.10. The highest BCUT2D eigenvalue weighted by Crippen LogP contribution is 2.47. The van der Waals surface area contributed by atoms with Gasteiger partial charge in [0.05, 0.1) is 10.5 Å². The molecule has 0 unspecified atom stereocenters. The van der Waals surface area contributed by atoms with Crippen molar-refractivity contribution in [3.8, 4) is 22.3 Å². The van der Waals surface area contributed by atoms with Crippen LogP contribution >= 0.6 is 11.8 Å². The fraction of sp³-hybridized carbons (Fsp3) is 0.286. The lowest BCUT2D eigenvalue weighted by molar-refractivity contribution is -0.733. The van der Waals surface area contributed by atoms with Crippen molar-refractivity contribution in [2.24, 2.45) is 0 Å². The van der Waals surface area contributed by atoms with Crippen LogP contribution in [0, 0.1) is 0 Å². The molecule has 0 amide bonds. The van der Waals surface area contributed by atoms with Gasteiger partial charge in [-0.05, 0) is 35.1 Å². The molecule has 2 fully saturated rings. The van der Waals surface area contributed by atoms with Crippen molar-refractivity contribution in [1.82, 2.24) is 0 Å². The first-order valence-corrected chi connectivity index (χ1v) is 12.9. The molecule has 0 radical (unpaired) electrons. The lowest BCUT2D eigenvalue weighted by Crippen LogP contribution is -2.54. The number of pyridine rings is 4. The molecule has 6 rings (SSSR count). The third kappa shape index (κ3) is 4.18. The Kier molecular flexibility index (Phi) is 5.64. The third-order valence-corrected chi connectivity index (χ3v) is 9.07. The molecule has 164 valence electrons. The topological polar surface area (TPSA) is 36.0 Å². The molecule has 2 bridgehead atoms. The van der Waals surface area contributed by atoms with E-state index in [4.69, 9.17) is 0 Å². The van der Waals surface area contributed by atoms with Crippen LogP contribution in [0.3, 0.4) is 0 Å². The van der Waals surface area contributed by atoms with Crippen molar-refractivity contribution in [3.63, 3.8) is 0 Å². The van der Waals surface area contributed by atoms with Crippen LogP contribution in [0.2, 0.25) is 0 Å². The summed E-state index contributed by atoms with van der Waals surface area (Å²) in [5.41, 5.74) is 5.07. The van der Waals surface area contributed by atoms with Crippen molar-refractivity contribution >= 4 is 11.8 Å². The Labute approximate surface area is 199 Å². The second kappa shape index (κ2) is 9.06. The summed E-state index contributed by atoms with van der Waals surface area (Å²) < 4.78 is 4.93. The fourth-order valence-corrected chi connectivity index (χ4v) is 7.42. The lowest BCUT2D eigenvalue weighted by Gasteiger charge is -2.38. The lowest BCUT2D eigenvalue weighted by atomic mass is 9.90. The predicted molar refractivity (Wildman–Crippen MR) is 129 cm³/mol.